The predicted molar refractivity (Wildman–Crippen MR) is 70.0 cm³/mol. The van der Waals surface area contributed by atoms with Crippen molar-refractivity contribution in [1.29, 1.82) is 0 Å². The number of ether oxygens (including phenoxy) is 2. The van der Waals surface area contributed by atoms with Gasteiger partial charge in [0.15, 0.2) is 0 Å². The molecule has 1 aromatic rings. The van der Waals surface area contributed by atoms with Gasteiger partial charge in [-0.1, -0.05) is 6.07 Å². The van der Waals surface area contributed by atoms with Gasteiger partial charge in [0.05, 0.1) is 12.7 Å². The highest BCUT2D eigenvalue weighted by Crippen LogP contribution is 2.25. The second kappa shape index (κ2) is 6.28. The van der Waals surface area contributed by atoms with E-state index in [0.29, 0.717) is 18.4 Å². The Hall–Kier alpha value is -1.71. The summed E-state index contributed by atoms with van der Waals surface area (Å²) in [5.41, 5.74) is 0.698. The Morgan fingerprint density at radius 1 is 1.39 bits per heavy atom. The van der Waals surface area contributed by atoms with Crippen LogP contribution in [0.1, 0.15) is 32.6 Å². The standard InChI is InChI=1S/C14H19NO3/c1-2-17-14(16)15-11-6-5-9-13(10-11)18-12-7-3-4-8-12/h5-6,9-10,12H,2-4,7-8H2,1H3,(H,15,16). The Bertz CT molecular complexity index is 400. The zero-order valence-electron chi connectivity index (χ0n) is 10.6. The third kappa shape index (κ3) is 3.65. The molecule has 1 saturated carbocycles. The Balaban J connectivity index is 1.93. The molecule has 0 atom stereocenters. The largest absolute Gasteiger partial charge is 0.490 e. The molecule has 1 aromatic carbocycles. The van der Waals surface area contributed by atoms with Crippen LogP contribution in [0.3, 0.4) is 0 Å². The van der Waals surface area contributed by atoms with Crippen molar-refractivity contribution in [3.05, 3.63) is 24.3 Å². The molecule has 0 aromatic heterocycles. The molecule has 1 amide bonds. The molecule has 0 aliphatic heterocycles. The lowest BCUT2D eigenvalue weighted by Gasteiger charge is -2.14. The van der Waals surface area contributed by atoms with Gasteiger partial charge in [-0.25, -0.2) is 4.79 Å². The van der Waals surface area contributed by atoms with Gasteiger partial charge in [0, 0.05) is 11.8 Å². The van der Waals surface area contributed by atoms with Crippen LogP contribution in [0.25, 0.3) is 0 Å². The van der Waals surface area contributed by atoms with Gasteiger partial charge in [0.2, 0.25) is 0 Å². The molecule has 0 bridgehead atoms. The van der Waals surface area contributed by atoms with Crippen LogP contribution in [0.15, 0.2) is 24.3 Å². The highest BCUT2D eigenvalue weighted by Gasteiger charge is 2.16. The fourth-order valence-electron chi connectivity index (χ4n) is 2.13. The van der Waals surface area contributed by atoms with Gasteiger partial charge in [-0.3, -0.25) is 5.32 Å². The number of benzene rings is 1. The van der Waals surface area contributed by atoms with Crippen molar-refractivity contribution in [3.8, 4) is 5.75 Å². The zero-order valence-corrected chi connectivity index (χ0v) is 10.6. The number of hydrogen-bond donors (Lipinski definition) is 1. The van der Waals surface area contributed by atoms with Crippen molar-refractivity contribution in [2.45, 2.75) is 38.7 Å². The minimum atomic E-state index is -0.435. The molecule has 98 valence electrons. The van der Waals surface area contributed by atoms with E-state index in [-0.39, 0.29) is 0 Å². The van der Waals surface area contributed by atoms with Crippen LogP contribution < -0.4 is 10.1 Å². The number of carbonyl (C=O) groups is 1. The lowest BCUT2D eigenvalue weighted by molar-refractivity contribution is 0.168. The van der Waals surface area contributed by atoms with Crippen LogP contribution in [-0.4, -0.2) is 18.8 Å². The van der Waals surface area contributed by atoms with Crippen LogP contribution in [0.5, 0.6) is 5.75 Å². The summed E-state index contributed by atoms with van der Waals surface area (Å²) in [5.74, 6) is 0.802. The van der Waals surface area contributed by atoms with Gasteiger partial charge in [-0.15, -0.1) is 0 Å². The Kier molecular flexibility index (Phi) is 4.45. The number of amides is 1. The van der Waals surface area contributed by atoms with E-state index >= 15 is 0 Å². The van der Waals surface area contributed by atoms with E-state index < -0.39 is 6.09 Å². The van der Waals surface area contributed by atoms with Crippen LogP contribution in [0.2, 0.25) is 0 Å². The van der Waals surface area contributed by atoms with Gasteiger partial charge in [0.25, 0.3) is 0 Å². The maximum atomic E-state index is 11.3. The van der Waals surface area contributed by atoms with Gasteiger partial charge in [-0.05, 0) is 44.7 Å². The summed E-state index contributed by atoms with van der Waals surface area (Å²) in [6, 6.07) is 7.42. The number of nitrogens with one attached hydrogen (secondary N) is 1. The van der Waals surface area contributed by atoms with Crippen molar-refractivity contribution in [1.82, 2.24) is 0 Å². The zero-order chi connectivity index (χ0) is 12.8. The lowest BCUT2D eigenvalue weighted by atomic mass is 10.2. The number of rotatable bonds is 4. The van der Waals surface area contributed by atoms with Gasteiger partial charge < -0.3 is 9.47 Å². The SMILES string of the molecule is CCOC(=O)Nc1cccc(OC2CCCC2)c1. The van der Waals surface area contributed by atoms with Crippen molar-refractivity contribution in [2.24, 2.45) is 0 Å². The molecule has 1 aliphatic carbocycles. The second-order valence-electron chi connectivity index (χ2n) is 4.40. The van der Waals surface area contributed by atoms with E-state index in [1.807, 2.05) is 24.3 Å². The summed E-state index contributed by atoms with van der Waals surface area (Å²) < 4.78 is 10.7. The van der Waals surface area contributed by atoms with Crippen LogP contribution >= 0.6 is 0 Å². The fourth-order valence-corrected chi connectivity index (χ4v) is 2.13. The molecule has 0 radical (unpaired) electrons. The number of hydrogen-bond acceptors (Lipinski definition) is 3. The number of carbonyl (C=O) groups excluding carboxylic acids is 1. The average molecular weight is 249 g/mol. The quantitative estimate of drug-likeness (QED) is 0.887. The second-order valence-corrected chi connectivity index (χ2v) is 4.40. The Morgan fingerprint density at radius 2 is 2.17 bits per heavy atom. The van der Waals surface area contributed by atoms with Crippen LogP contribution in [0.4, 0.5) is 10.5 Å². The van der Waals surface area contributed by atoms with E-state index in [9.17, 15) is 4.79 Å². The maximum Gasteiger partial charge on any atom is 0.411 e. The minimum Gasteiger partial charge on any atom is -0.490 e. The normalized spacial score (nSPS) is 15.4. The summed E-state index contributed by atoms with van der Waals surface area (Å²) in [4.78, 5) is 11.3. The first kappa shape index (κ1) is 12.7. The molecule has 1 N–H and O–H groups in total. The van der Waals surface area contributed by atoms with E-state index in [1.165, 1.54) is 12.8 Å². The third-order valence-electron chi connectivity index (χ3n) is 2.96. The Labute approximate surface area is 107 Å². The van der Waals surface area contributed by atoms with Crippen LogP contribution in [-0.2, 0) is 4.74 Å². The Morgan fingerprint density at radius 3 is 2.89 bits per heavy atom. The molecule has 1 fully saturated rings. The van der Waals surface area contributed by atoms with Gasteiger partial charge >= 0.3 is 6.09 Å². The van der Waals surface area contributed by atoms with Crippen molar-refractivity contribution in [2.75, 3.05) is 11.9 Å². The van der Waals surface area contributed by atoms with Gasteiger partial charge in [0.1, 0.15) is 5.75 Å². The highest BCUT2D eigenvalue weighted by atomic mass is 16.5. The van der Waals surface area contributed by atoms with Gasteiger partial charge in [-0.2, -0.15) is 0 Å². The maximum absolute atomic E-state index is 11.3. The average Bonchev–Trinajstić information content (AvgIpc) is 2.82. The first-order valence-corrected chi connectivity index (χ1v) is 6.48. The molecule has 1 aliphatic rings. The molecule has 4 nitrogen and oxygen atoms in total. The van der Waals surface area contributed by atoms with E-state index in [2.05, 4.69) is 5.32 Å². The van der Waals surface area contributed by atoms with Crippen molar-refractivity contribution >= 4 is 11.8 Å². The molecule has 0 heterocycles. The number of anilines is 1. The van der Waals surface area contributed by atoms with E-state index in [1.54, 1.807) is 6.92 Å². The van der Waals surface area contributed by atoms with Crippen molar-refractivity contribution < 1.29 is 14.3 Å². The summed E-state index contributed by atoms with van der Waals surface area (Å²) >= 11 is 0. The summed E-state index contributed by atoms with van der Waals surface area (Å²) in [5, 5.41) is 2.67. The summed E-state index contributed by atoms with van der Waals surface area (Å²) in [6.07, 6.45) is 4.61. The molecule has 4 heteroatoms. The monoisotopic (exact) mass is 249 g/mol. The molecule has 0 unspecified atom stereocenters. The molecular weight excluding hydrogens is 230 g/mol. The minimum absolute atomic E-state index is 0.322. The molecule has 18 heavy (non-hydrogen) atoms. The fraction of sp³-hybridized carbons (Fsp3) is 0.500. The van der Waals surface area contributed by atoms with Crippen LogP contribution in [0, 0.1) is 0 Å². The molecule has 2 rings (SSSR count). The summed E-state index contributed by atoms with van der Waals surface area (Å²) in [7, 11) is 0. The summed E-state index contributed by atoms with van der Waals surface area (Å²) in [6.45, 7) is 2.14. The highest BCUT2D eigenvalue weighted by molar-refractivity contribution is 5.84. The first-order valence-electron chi connectivity index (χ1n) is 6.48. The lowest BCUT2D eigenvalue weighted by Crippen LogP contribution is -2.14. The predicted octanol–water partition coefficient (Wildman–Crippen LogP) is 3.58. The van der Waals surface area contributed by atoms with E-state index in [4.69, 9.17) is 9.47 Å². The molecular formula is C14H19NO3. The van der Waals surface area contributed by atoms with E-state index in [0.717, 1.165) is 18.6 Å². The van der Waals surface area contributed by atoms with Crippen molar-refractivity contribution in [3.63, 3.8) is 0 Å². The first-order chi connectivity index (χ1) is 8.78. The third-order valence-corrected chi connectivity index (χ3v) is 2.96. The topological polar surface area (TPSA) is 47.6 Å². The molecule has 0 spiro atoms. The smallest absolute Gasteiger partial charge is 0.411 e. The molecule has 0 saturated heterocycles.